The van der Waals surface area contributed by atoms with Crippen molar-refractivity contribution in [3.8, 4) is 23.0 Å². The third-order valence-electron chi connectivity index (χ3n) is 26.9. The van der Waals surface area contributed by atoms with Crippen LogP contribution in [0.2, 0.25) is 0 Å². The average molecular weight is 2140 g/mol. The highest BCUT2D eigenvalue weighted by Gasteiger charge is 2.56. The molecular weight excluding hydrogens is 2060 g/mol. The molecule has 8 atom stereocenters. The number of rotatable bonds is 12. The Labute approximate surface area is 835 Å². The molecule has 136 heavy (non-hydrogen) atoms. The lowest BCUT2D eigenvalue weighted by atomic mass is 9.89. The number of halogens is 6. The predicted molar refractivity (Wildman–Crippen MR) is 556 cm³/mol. The van der Waals surface area contributed by atoms with E-state index in [9.17, 15) is 28.0 Å². The molecule has 0 spiro atoms. The summed E-state index contributed by atoms with van der Waals surface area (Å²) < 4.78 is 53.0. The number of anilines is 4. The number of aryl methyl sites for hydroxylation is 2. The van der Waals surface area contributed by atoms with Gasteiger partial charge in [0.15, 0.2) is 20.4 Å². The molecule has 20 nitrogen and oxygen atoms in total. The molecule has 680 valence electrons. The van der Waals surface area contributed by atoms with Crippen LogP contribution in [0.1, 0.15) is 103 Å². The first-order valence-corrected chi connectivity index (χ1v) is 48.7. The zero-order valence-electron chi connectivity index (χ0n) is 73.6. The Kier molecular flexibility index (Phi) is 23.8. The second kappa shape index (κ2) is 36.0. The number of aromatic amines is 4. The lowest BCUT2D eigenvalue weighted by Gasteiger charge is -2.37. The molecule has 0 saturated carbocycles. The monoisotopic (exact) mass is 2130 g/mol. The maximum Gasteiger partial charge on any atom is 0.256 e. The van der Waals surface area contributed by atoms with Crippen LogP contribution < -0.4 is 38.5 Å². The molecule has 0 aliphatic carbocycles. The fourth-order valence-corrected chi connectivity index (χ4v) is 23.8. The van der Waals surface area contributed by atoms with Gasteiger partial charge in [-0.3, -0.25) is 38.8 Å². The van der Waals surface area contributed by atoms with E-state index in [-0.39, 0.29) is 65.7 Å². The van der Waals surface area contributed by atoms with Crippen LogP contribution in [0.5, 0.6) is 23.0 Å². The lowest BCUT2D eigenvalue weighted by molar-refractivity contribution is -0.120. The maximum absolute atomic E-state index is 14.0. The van der Waals surface area contributed by atoms with Crippen molar-refractivity contribution in [1.82, 2.24) is 39.5 Å². The first-order chi connectivity index (χ1) is 65.8. The van der Waals surface area contributed by atoms with E-state index >= 15 is 0 Å². The molecule has 4 fully saturated rings. The van der Waals surface area contributed by atoms with Crippen molar-refractivity contribution in [3.05, 3.63) is 375 Å². The number of fused-ring (bicyclic) bond motifs is 16. The highest BCUT2D eigenvalue weighted by atomic mass is 79.9. The SMILES string of the molecule is COc1ccc(C2c3[nH]c4ccc(Br)cc4c3CC3C(=O)N(c4ccc(F)cc4)C(=S)N32)cc1.COc1ccc(C2c3[nH]c4ccc(Br)cc4c3CC3C(=O)N(c4cccc(C)c4)C(=S)N32)cc1.COc1ccc(C2c3[nH]c4ccc(Br)cc4c3CC3C(=O)N(c4cccc(F)c4)C(=S)N32)cc1.COc1ccc(C2c3[nH]c4ccc(Br)cc4c3CC3C(=O)N(c4ccccc4C)C(=S)N32)cc1. The number of carbonyl (C=O) groups is 4. The van der Waals surface area contributed by atoms with Gasteiger partial charge in [-0.05, 0) is 300 Å². The van der Waals surface area contributed by atoms with Crippen LogP contribution in [0.15, 0.2) is 285 Å². The van der Waals surface area contributed by atoms with Gasteiger partial charge in [0.1, 0.15) is 58.8 Å². The summed E-state index contributed by atoms with van der Waals surface area (Å²) >= 11 is 38.1. The molecule has 8 aliphatic heterocycles. The predicted octanol–water partition coefficient (Wildman–Crippen LogP) is 23.2. The fourth-order valence-electron chi connectivity index (χ4n) is 20.6. The van der Waals surface area contributed by atoms with Crippen molar-refractivity contribution >= 4 is 223 Å². The van der Waals surface area contributed by atoms with Crippen LogP contribution in [-0.2, 0) is 44.9 Å². The number of nitrogens with zero attached hydrogens (tertiary/aromatic N) is 8. The summed E-state index contributed by atoms with van der Waals surface area (Å²) in [6.07, 6.45) is 2.22. The zero-order valence-corrected chi connectivity index (χ0v) is 83.2. The summed E-state index contributed by atoms with van der Waals surface area (Å²) in [4.78, 5) is 84.2. The Balaban J connectivity index is 0.000000108. The number of H-pyrrole nitrogens is 4. The van der Waals surface area contributed by atoms with Crippen molar-refractivity contribution in [2.75, 3.05) is 48.0 Å². The third-order valence-corrected chi connectivity index (χ3v) is 30.5. The zero-order chi connectivity index (χ0) is 94.2. The molecule has 0 radical (unpaired) electrons. The van der Waals surface area contributed by atoms with E-state index in [1.807, 2.05) is 181 Å². The topological polar surface area (TPSA) is 194 Å². The molecule has 24 rings (SSSR count). The summed E-state index contributed by atoms with van der Waals surface area (Å²) in [6, 6.07) is 81.4. The largest absolute Gasteiger partial charge is 0.497 e. The molecule has 8 aliphatic rings. The van der Waals surface area contributed by atoms with Crippen LogP contribution in [0.4, 0.5) is 31.5 Å². The van der Waals surface area contributed by atoms with Crippen LogP contribution in [0.25, 0.3) is 43.6 Å². The summed E-state index contributed by atoms with van der Waals surface area (Å²) in [6.45, 7) is 4.03. The van der Waals surface area contributed by atoms with Crippen molar-refractivity contribution in [3.63, 3.8) is 0 Å². The Morgan fingerprint density at radius 3 is 0.912 bits per heavy atom. The fraction of sp³-hybridized carbons (Fsp3) is 0.170. The summed E-state index contributed by atoms with van der Waals surface area (Å²) in [5, 5.41) is 6.28. The molecular formula is C106H82Br4F2N12O8S4. The highest BCUT2D eigenvalue weighted by molar-refractivity contribution is 9.11. The second-order valence-electron chi connectivity index (χ2n) is 34.4. The van der Waals surface area contributed by atoms with E-state index in [0.29, 0.717) is 57.5 Å². The van der Waals surface area contributed by atoms with Crippen molar-refractivity contribution in [2.24, 2.45) is 0 Å². The third kappa shape index (κ3) is 15.5. The van der Waals surface area contributed by atoms with E-state index in [1.165, 1.54) is 45.2 Å². The highest BCUT2D eigenvalue weighted by Crippen LogP contribution is 2.52. The minimum absolute atomic E-state index is 0.0177. The average Bonchev–Trinajstić information content (AvgIpc) is 1.58. The smallest absolute Gasteiger partial charge is 0.256 e. The summed E-state index contributed by atoms with van der Waals surface area (Å²) in [7, 11) is 6.58. The number of hydrogen-bond donors (Lipinski definition) is 4. The van der Waals surface area contributed by atoms with Crippen molar-refractivity contribution < 1.29 is 46.9 Å². The van der Waals surface area contributed by atoms with Crippen LogP contribution in [0, 0.1) is 25.5 Å². The van der Waals surface area contributed by atoms with Crippen molar-refractivity contribution in [2.45, 2.75) is 87.9 Å². The molecule has 4 amide bonds. The quantitative estimate of drug-likeness (QED) is 0.0843. The minimum atomic E-state index is -0.492. The van der Waals surface area contributed by atoms with E-state index in [2.05, 4.69) is 154 Å². The van der Waals surface area contributed by atoms with Gasteiger partial charge in [0, 0.05) is 110 Å². The normalized spacial score (nSPS) is 19.5. The summed E-state index contributed by atoms with van der Waals surface area (Å²) in [5.74, 6) is 2.10. The van der Waals surface area contributed by atoms with Gasteiger partial charge in [0.2, 0.25) is 0 Å². The standard InChI is InChI=1S/2C27H22BrN3O2S.2C26H19BrFN3O2S/c1-15-4-3-5-18(12-15)30-26(32)23-14-21-20-13-17(28)8-11-22(20)29-24(21)25(31(23)27(30)34)16-6-9-19(33-2)10-7-16;1-15-5-3-4-6-22(15)31-26(32)23-14-20-19-13-17(28)9-12-21(19)29-24(20)25(30(23)27(31)34)16-7-10-18(33-2)11-8-16;1-33-18-9-2-14(3-10-18)24-23-20(19-12-15(27)4-11-21(19)29-23)13-22-25(32)30(26(34)31(22)24)17-7-5-16(28)6-8-17;1-33-18-8-5-14(6-9-18)24-23-20(19-11-15(27)7-10-21(19)29-23)13-22-25(32)30(26(34)31(22)24)17-4-2-3-16(28)12-17/h2*3-13,23,25,29H,14H2,1-2H3;2*2-12,22,24,29H,13H2,1H3. The molecule has 12 heterocycles. The van der Waals surface area contributed by atoms with E-state index in [1.54, 1.807) is 62.5 Å². The van der Waals surface area contributed by atoms with E-state index in [4.69, 9.17) is 67.8 Å². The molecule has 8 unspecified atom stereocenters. The molecule has 16 aromatic rings. The van der Waals surface area contributed by atoms with E-state index in [0.717, 1.165) is 163 Å². The number of aromatic nitrogens is 4. The Morgan fingerprint density at radius 1 is 0.309 bits per heavy atom. The van der Waals surface area contributed by atoms with Gasteiger partial charge in [-0.2, -0.15) is 0 Å². The molecule has 12 aromatic carbocycles. The number of nitrogens with one attached hydrogen (secondary N) is 4. The van der Waals surface area contributed by atoms with Gasteiger partial charge in [-0.15, -0.1) is 0 Å². The number of benzene rings is 12. The van der Waals surface area contributed by atoms with Gasteiger partial charge < -0.3 is 58.5 Å². The minimum Gasteiger partial charge on any atom is -0.497 e. The van der Waals surface area contributed by atoms with Crippen molar-refractivity contribution in [1.29, 1.82) is 0 Å². The number of hydrogen-bond acceptors (Lipinski definition) is 12. The number of amides is 4. The molecule has 4 N–H and O–H groups in total. The van der Waals surface area contributed by atoms with Crippen LogP contribution in [0.3, 0.4) is 0 Å². The molecule has 4 aromatic heterocycles. The second-order valence-corrected chi connectivity index (χ2v) is 39.6. The number of methoxy groups -OCH3 is 4. The van der Waals surface area contributed by atoms with Gasteiger partial charge in [-0.25, -0.2) is 8.78 Å². The van der Waals surface area contributed by atoms with Gasteiger partial charge in [0.25, 0.3) is 23.6 Å². The van der Waals surface area contributed by atoms with Crippen LogP contribution >= 0.6 is 113 Å². The molecule has 30 heteroatoms. The number of ether oxygens (including phenoxy) is 4. The van der Waals surface area contributed by atoms with Crippen LogP contribution in [-0.4, -0.2) is 136 Å². The van der Waals surface area contributed by atoms with Gasteiger partial charge >= 0.3 is 0 Å². The first-order valence-electron chi connectivity index (χ1n) is 43.9. The first kappa shape index (κ1) is 89.7. The Hall–Kier alpha value is -12.8. The number of carbonyl (C=O) groups excluding carboxylic acids is 4. The maximum atomic E-state index is 14.0. The van der Waals surface area contributed by atoms with E-state index < -0.39 is 17.9 Å². The molecule has 4 saturated heterocycles. The number of thiocarbonyl (C=S) groups is 4. The Bertz CT molecular complexity index is 7410. The lowest BCUT2D eigenvalue weighted by Crippen LogP contribution is -2.44. The number of para-hydroxylation sites is 1. The Morgan fingerprint density at radius 2 is 0.603 bits per heavy atom. The summed E-state index contributed by atoms with van der Waals surface area (Å²) in [5.41, 5.74) is 21.7. The van der Waals surface area contributed by atoms with Gasteiger partial charge in [-0.1, -0.05) is 149 Å². The molecule has 0 bridgehead atoms. The van der Waals surface area contributed by atoms with Gasteiger partial charge in [0.05, 0.1) is 75.4 Å².